The Morgan fingerprint density at radius 3 is 2.52 bits per heavy atom. The lowest BCUT2D eigenvalue weighted by atomic mass is 9.72. The van der Waals surface area contributed by atoms with Crippen LogP contribution < -0.4 is 10.6 Å². The quantitative estimate of drug-likeness (QED) is 0.781. The van der Waals surface area contributed by atoms with Crippen LogP contribution in [0.2, 0.25) is 0 Å². The van der Waals surface area contributed by atoms with Crippen molar-refractivity contribution >= 4 is 6.09 Å². The van der Waals surface area contributed by atoms with Crippen LogP contribution in [-0.2, 0) is 23.2 Å². The lowest BCUT2D eigenvalue weighted by Gasteiger charge is -2.36. The van der Waals surface area contributed by atoms with E-state index in [0.717, 1.165) is 44.6 Å². The first-order valence-electron chi connectivity index (χ1n) is 10.3. The van der Waals surface area contributed by atoms with E-state index in [4.69, 9.17) is 9.72 Å². The van der Waals surface area contributed by atoms with Crippen LogP contribution in [0.4, 0.5) is 4.79 Å². The normalized spacial score (nSPS) is 23.5. The highest BCUT2D eigenvalue weighted by Crippen LogP contribution is 2.38. The van der Waals surface area contributed by atoms with E-state index in [1.54, 1.807) is 0 Å². The van der Waals surface area contributed by atoms with Crippen molar-refractivity contribution in [2.24, 2.45) is 0 Å². The lowest BCUT2D eigenvalue weighted by molar-refractivity contribution is 0.0484. The predicted molar refractivity (Wildman–Crippen MR) is 109 cm³/mol. The molecule has 2 N–H and O–H groups in total. The maximum absolute atomic E-state index is 12.0. The molecule has 154 valence electrons. The van der Waals surface area contributed by atoms with E-state index in [2.05, 4.69) is 49.1 Å². The Morgan fingerprint density at radius 2 is 2.00 bits per heavy atom. The van der Waals surface area contributed by atoms with Crippen molar-refractivity contribution in [2.75, 3.05) is 0 Å². The summed E-state index contributed by atoms with van der Waals surface area (Å²) in [6.45, 7) is 16.2. The third kappa shape index (κ3) is 6.23. The van der Waals surface area contributed by atoms with Crippen molar-refractivity contribution in [3.05, 3.63) is 17.7 Å². The number of hydrogen-bond acceptors (Lipinski definition) is 4. The van der Waals surface area contributed by atoms with Crippen molar-refractivity contribution in [1.29, 1.82) is 0 Å². The summed E-state index contributed by atoms with van der Waals surface area (Å²) in [5.74, 6) is 1.11. The van der Waals surface area contributed by atoms with Crippen molar-refractivity contribution in [3.8, 4) is 0 Å². The summed E-state index contributed by atoms with van der Waals surface area (Å²) in [6, 6.07) is 0.628. The van der Waals surface area contributed by atoms with Gasteiger partial charge in [-0.2, -0.15) is 0 Å². The van der Waals surface area contributed by atoms with Crippen molar-refractivity contribution in [3.63, 3.8) is 0 Å². The van der Waals surface area contributed by atoms with Crippen LogP contribution in [0.25, 0.3) is 0 Å². The maximum Gasteiger partial charge on any atom is 0.407 e. The van der Waals surface area contributed by atoms with Gasteiger partial charge in [0.15, 0.2) is 0 Å². The van der Waals surface area contributed by atoms with Gasteiger partial charge in [-0.05, 0) is 53.4 Å². The Kier molecular flexibility index (Phi) is 6.95. The number of nitrogens with one attached hydrogen (secondary N) is 2. The first-order chi connectivity index (χ1) is 12.5. The number of imidazole rings is 1. The summed E-state index contributed by atoms with van der Waals surface area (Å²) in [5.41, 5.74) is 0.792. The van der Waals surface area contributed by atoms with E-state index in [1.807, 2.05) is 20.8 Å². The smallest absolute Gasteiger partial charge is 0.407 e. The number of aryl methyl sites for hydroxylation is 1. The number of alkyl carbamates (subject to hydrolysis) is 1. The second-order valence-electron chi connectivity index (χ2n) is 9.35. The number of nitrogens with zero attached hydrogens (tertiary/aromatic N) is 2. The summed E-state index contributed by atoms with van der Waals surface area (Å²) in [7, 11) is 0. The van der Waals surface area contributed by atoms with Gasteiger partial charge in [0, 0.05) is 30.2 Å². The molecule has 0 atom stereocenters. The van der Waals surface area contributed by atoms with E-state index in [9.17, 15) is 4.79 Å². The molecule has 0 spiro atoms. The molecule has 1 aliphatic carbocycles. The first-order valence-corrected chi connectivity index (χ1v) is 10.3. The Balaban J connectivity index is 1.97. The summed E-state index contributed by atoms with van der Waals surface area (Å²) < 4.78 is 7.64. The summed E-state index contributed by atoms with van der Waals surface area (Å²) >= 11 is 0. The molecule has 0 unspecified atom stereocenters. The maximum atomic E-state index is 12.0. The third-order valence-corrected chi connectivity index (χ3v) is 5.30. The predicted octanol–water partition coefficient (Wildman–Crippen LogP) is 4.13. The van der Waals surface area contributed by atoms with Crippen molar-refractivity contribution in [2.45, 2.75) is 110 Å². The van der Waals surface area contributed by atoms with Crippen molar-refractivity contribution in [1.82, 2.24) is 20.2 Å². The standard InChI is InChI=1S/C21H38N4O2/c1-8-25-14-17(24-18(25)13-22-15(2)3)21(7)11-9-16(10-12-21)23-19(26)27-20(4,5)6/h14-16,22H,8-13H2,1-7H3,(H,23,26). The molecule has 1 heterocycles. The SMILES string of the molecule is CCn1cc(C2(C)CCC(NC(=O)OC(C)(C)C)CC2)nc1CNC(C)C. The largest absolute Gasteiger partial charge is 0.444 e. The molecule has 6 nitrogen and oxygen atoms in total. The molecular weight excluding hydrogens is 340 g/mol. The van der Waals surface area contributed by atoms with Gasteiger partial charge in [0.25, 0.3) is 0 Å². The van der Waals surface area contributed by atoms with Crippen LogP contribution in [-0.4, -0.2) is 33.3 Å². The lowest BCUT2D eigenvalue weighted by Crippen LogP contribution is -2.43. The van der Waals surface area contributed by atoms with Crippen LogP contribution in [0.3, 0.4) is 0 Å². The molecule has 1 aromatic heterocycles. The van der Waals surface area contributed by atoms with Gasteiger partial charge in [0.2, 0.25) is 0 Å². The van der Waals surface area contributed by atoms with Crippen LogP contribution >= 0.6 is 0 Å². The van der Waals surface area contributed by atoms with E-state index < -0.39 is 5.60 Å². The van der Waals surface area contributed by atoms with E-state index in [0.29, 0.717) is 6.04 Å². The van der Waals surface area contributed by atoms with E-state index in [-0.39, 0.29) is 17.6 Å². The van der Waals surface area contributed by atoms with Gasteiger partial charge < -0.3 is 19.9 Å². The number of ether oxygens (including phenoxy) is 1. The van der Waals surface area contributed by atoms with Crippen molar-refractivity contribution < 1.29 is 9.53 Å². The Labute approximate surface area is 164 Å². The number of carbonyl (C=O) groups excluding carboxylic acids is 1. The minimum absolute atomic E-state index is 0.0686. The van der Waals surface area contributed by atoms with Gasteiger partial charge in [-0.1, -0.05) is 20.8 Å². The average molecular weight is 379 g/mol. The molecule has 1 amide bonds. The molecule has 2 rings (SSSR count). The molecule has 6 heteroatoms. The van der Waals surface area contributed by atoms with Crippen LogP contribution in [0.15, 0.2) is 6.20 Å². The number of amides is 1. The number of aromatic nitrogens is 2. The summed E-state index contributed by atoms with van der Waals surface area (Å²) in [4.78, 5) is 17.0. The molecule has 0 saturated heterocycles. The molecular formula is C21H38N4O2. The highest BCUT2D eigenvalue weighted by Gasteiger charge is 2.36. The second-order valence-corrected chi connectivity index (χ2v) is 9.35. The average Bonchev–Trinajstić information content (AvgIpc) is 2.97. The Hall–Kier alpha value is -1.56. The molecule has 1 aliphatic rings. The van der Waals surface area contributed by atoms with Gasteiger partial charge in [-0.3, -0.25) is 0 Å². The molecule has 27 heavy (non-hydrogen) atoms. The van der Waals surface area contributed by atoms with Crippen LogP contribution in [0.1, 0.15) is 85.7 Å². The fraction of sp³-hybridized carbons (Fsp3) is 0.810. The highest BCUT2D eigenvalue weighted by molar-refractivity contribution is 5.68. The monoisotopic (exact) mass is 378 g/mol. The minimum atomic E-state index is -0.458. The molecule has 0 aromatic carbocycles. The van der Waals surface area contributed by atoms with E-state index in [1.165, 1.54) is 5.69 Å². The third-order valence-electron chi connectivity index (χ3n) is 5.30. The molecule has 1 aromatic rings. The Bertz CT molecular complexity index is 623. The Morgan fingerprint density at radius 1 is 1.37 bits per heavy atom. The zero-order valence-corrected chi connectivity index (χ0v) is 18.2. The first kappa shape index (κ1) is 21.7. The summed E-state index contributed by atoms with van der Waals surface area (Å²) in [6.07, 6.45) is 5.85. The van der Waals surface area contributed by atoms with Crippen LogP contribution in [0, 0.1) is 0 Å². The zero-order valence-electron chi connectivity index (χ0n) is 18.2. The van der Waals surface area contributed by atoms with E-state index >= 15 is 0 Å². The summed E-state index contributed by atoms with van der Waals surface area (Å²) in [5, 5.41) is 6.50. The number of hydrogen-bond donors (Lipinski definition) is 2. The number of carbonyl (C=O) groups is 1. The fourth-order valence-corrected chi connectivity index (χ4v) is 3.58. The topological polar surface area (TPSA) is 68.2 Å². The molecule has 1 fully saturated rings. The van der Waals surface area contributed by atoms with Gasteiger partial charge in [-0.15, -0.1) is 0 Å². The highest BCUT2D eigenvalue weighted by atomic mass is 16.6. The van der Waals surface area contributed by atoms with Gasteiger partial charge >= 0.3 is 6.09 Å². The molecule has 1 saturated carbocycles. The molecule has 0 radical (unpaired) electrons. The molecule has 0 bridgehead atoms. The fourth-order valence-electron chi connectivity index (χ4n) is 3.58. The second kappa shape index (κ2) is 8.63. The zero-order chi connectivity index (χ0) is 20.2. The van der Waals surface area contributed by atoms with Gasteiger partial charge in [-0.25, -0.2) is 9.78 Å². The van der Waals surface area contributed by atoms with Gasteiger partial charge in [0.05, 0.1) is 12.2 Å². The number of rotatable bonds is 6. The molecule has 0 aliphatic heterocycles. The van der Waals surface area contributed by atoms with Gasteiger partial charge in [0.1, 0.15) is 11.4 Å². The van der Waals surface area contributed by atoms with Crippen LogP contribution in [0.5, 0.6) is 0 Å². The minimum Gasteiger partial charge on any atom is -0.444 e.